The Balaban J connectivity index is 1.54. The van der Waals surface area contributed by atoms with Crippen molar-refractivity contribution < 1.29 is 14.1 Å². The highest BCUT2D eigenvalue weighted by Crippen LogP contribution is 2.41. The van der Waals surface area contributed by atoms with Crippen molar-refractivity contribution in [1.82, 2.24) is 15.0 Å². The Hall–Kier alpha value is -2.93. The van der Waals surface area contributed by atoms with Gasteiger partial charge in [-0.3, -0.25) is 9.59 Å². The van der Waals surface area contributed by atoms with Gasteiger partial charge in [-0.05, 0) is 55.9 Å². The second kappa shape index (κ2) is 8.20. The van der Waals surface area contributed by atoms with Crippen molar-refractivity contribution in [3.05, 3.63) is 51.8 Å². The number of rotatable bonds is 5. The standard InChI is InChI=1S/C24H25ClN4O3/c1-13(2)21-20-17(12-19(14-5-6-14)27-23(20)32-28-21)22(30)26-18-8-7-15(25)11-16(18)24(31)29-9-3-4-10-29/h7-8,11-14H,3-6,9-10H2,1-2H3,(H,26,30). The molecule has 8 heteroatoms. The monoisotopic (exact) mass is 452 g/mol. The highest BCUT2D eigenvalue weighted by atomic mass is 35.5. The number of amides is 2. The minimum atomic E-state index is -0.317. The molecule has 1 aliphatic heterocycles. The first-order valence-corrected chi connectivity index (χ1v) is 11.5. The van der Waals surface area contributed by atoms with Crippen molar-refractivity contribution in [2.24, 2.45) is 0 Å². The predicted octanol–water partition coefficient (Wildman–Crippen LogP) is 5.37. The van der Waals surface area contributed by atoms with Crippen LogP contribution in [0.3, 0.4) is 0 Å². The smallest absolute Gasteiger partial charge is 0.259 e. The average molecular weight is 453 g/mol. The first-order chi connectivity index (χ1) is 15.4. The van der Waals surface area contributed by atoms with Crippen LogP contribution in [0.5, 0.6) is 0 Å². The number of aromatic nitrogens is 2. The van der Waals surface area contributed by atoms with Gasteiger partial charge in [0.05, 0.1) is 27.9 Å². The molecule has 5 rings (SSSR count). The largest absolute Gasteiger partial charge is 0.339 e. The van der Waals surface area contributed by atoms with E-state index >= 15 is 0 Å². The average Bonchev–Trinajstić information content (AvgIpc) is 3.30. The lowest BCUT2D eigenvalue weighted by molar-refractivity contribution is 0.0794. The van der Waals surface area contributed by atoms with Gasteiger partial charge in [0.1, 0.15) is 0 Å². The molecule has 1 N–H and O–H groups in total. The molecule has 0 radical (unpaired) electrons. The summed E-state index contributed by atoms with van der Waals surface area (Å²) in [5.74, 6) is -0.0190. The van der Waals surface area contributed by atoms with Crippen LogP contribution in [0.1, 0.15) is 83.5 Å². The molecule has 0 unspecified atom stereocenters. The van der Waals surface area contributed by atoms with Gasteiger partial charge in [-0.1, -0.05) is 30.6 Å². The number of carbonyl (C=O) groups excluding carboxylic acids is 2. The lowest BCUT2D eigenvalue weighted by Gasteiger charge is -2.18. The second-order valence-electron chi connectivity index (χ2n) is 8.91. The molecule has 3 aromatic rings. The Morgan fingerprint density at radius 3 is 2.59 bits per heavy atom. The SMILES string of the molecule is CC(C)c1noc2nc(C3CC3)cc(C(=O)Nc3ccc(Cl)cc3C(=O)N3CCCC3)c12. The van der Waals surface area contributed by atoms with Gasteiger partial charge in [0.15, 0.2) is 0 Å². The highest BCUT2D eigenvalue weighted by molar-refractivity contribution is 6.31. The summed E-state index contributed by atoms with van der Waals surface area (Å²) in [6.07, 6.45) is 4.07. The van der Waals surface area contributed by atoms with Crippen LogP contribution in [0.2, 0.25) is 5.02 Å². The zero-order valence-corrected chi connectivity index (χ0v) is 18.9. The molecule has 1 saturated carbocycles. The number of anilines is 1. The van der Waals surface area contributed by atoms with E-state index in [1.807, 2.05) is 19.9 Å². The zero-order valence-electron chi connectivity index (χ0n) is 18.2. The second-order valence-corrected chi connectivity index (χ2v) is 9.35. The van der Waals surface area contributed by atoms with Crippen molar-refractivity contribution in [1.29, 1.82) is 0 Å². The molecule has 2 aromatic heterocycles. The summed E-state index contributed by atoms with van der Waals surface area (Å²) < 4.78 is 5.50. The van der Waals surface area contributed by atoms with Gasteiger partial charge in [-0.2, -0.15) is 0 Å². The number of carbonyl (C=O) groups is 2. The summed E-state index contributed by atoms with van der Waals surface area (Å²) in [6, 6.07) is 6.82. The topological polar surface area (TPSA) is 88.3 Å². The van der Waals surface area contributed by atoms with Crippen LogP contribution in [0.25, 0.3) is 11.1 Å². The number of halogens is 1. The van der Waals surface area contributed by atoms with Crippen LogP contribution in [-0.2, 0) is 0 Å². The third-order valence-corrected chi connectivity index (χ3v) is 6.37. The maximum Gasteiger partial charge on any atom is 0.259 e. The maximum atomic E-state index is 13.5. The maximum absolute atomic E-state index is 13.5. The van der Waals surface area contributed by atoms with Gasteiger partial charge in [0.2, 0.25) is 0 Å². The molecule has 2 fully saturated rings. The Morgan fingerprint density at radius 1 is 1.16 bits per heavy atom. The third-order valence-electron chi connectivity index (χ3n) is 6.13. The summed E-state index contributed by atoms with van der Waals surface area (Å²) in [5, 5.41) is 8.21. The van der Waals surface area contributed by atoms with Gasteiger partial charge in [-0.25, -0.2) is 4.98 Å². The molecule has 1 aliphatic carbocycles. The molecule has 0 atom stereocenters. The fraction of sp³-hybridized carbons (Fsp3) is 0.417. The lowest BCUT2D eigenvalue weighted by Crippen LogP contribution is -2.29. The van der Waals surface area contributed by atoms with Gasteiger partial charge >= 0.3 is 0 Å². The van der Waals surface area contributed by atoms with Crippen LogP contribution >= 0.6 is 11.6 Å². The Kier molecular flexibility index (Phi) is 5.37. The number of nitrogens with one attached hydrogen (secondary N) is 1. The first kappa shape index (κ1) is 20.9. The van der Waals surface area contributed by atoms with E-state index in [1.54, 1.807) is 23.1 Å². The quantitative estimate of drug-likeness (QED) is 0.562. The van der Waals surface area contributed by atoms with Crippen LogP contribution < -0.4 is 5.32 Å². The number of hydrogen-bond acceptors (Lipinski definition) is 5. The number of nitrogens with zero attached hydrogens (tertiary/aromatic N) is 3. The van der Waals surface area contributed by atoms with E-state index in [0.717, 1.165) is 31.4 Å². The molecule has 1 saturated heterocycles. The van der Waals surface area contributed by atoms with Crippen molar-refractivity contribution in [2.75, 3.05) is 18.4 Å². The molecule has 1 aromatic carbocycles. The molecule has 2 amide bonds. The van der Waals surface area contributed by atoms with E-state index in [4.69, 9.17) is 16.1 Å². The van der Waals surface area contributed by atoms with Gasteiger partial charge < -0.3 is 14.7 Å². The summed E-state index contributed by atoms with van der Waals surface area (Å²) in [6.45, 7) is 5.43. The zero-order chi connectivity index (χ0) is 22.4. The van der Waals surface area contributed by atoms with Crippen LogP contribution in [0.4, 0.5) is 5.69 Å². The number of hydrogen-bond donors (Lipinski definition) is 1. The molecule has 0 bridgehead atoms. The van der Waals surface area contributed by atoms with Crippen molar-refractivity contribution in [3.8, 4) is 0 Å². The summed E-state index contributed by atoms with van der Waals surface area (Å²) in [7, 11) is 0. The number of pyridine rings is 1. The first-order valence-electron chi connectivity index (χ1n) is 11.1. The van der Waals surface area contributed by atoms with E-state index in [1.165, 1.54) is 0 Å². The molecular weight excluding hydrogens is 428 g/mol. The minimum absolute atomic E-state index is 0.0687. The number of benzene rings is 1. The Morgan fingerprint density at radius 2 is 1.91 bits per heavy atom. The third kappa shape index (κ3) is 3.86. The van der Waals surface area contributed by atoms with Crippen LogP contribution in [0, 0.1) is 0 Å². The molecule has 166 valence electrons. The highest BCUT2D eigenvalue weighted by Gasteiger charge is 2.30. The molecule has 2 aliphatic rings. The van der Waals surface area contributed by atoms with Crippen LogP contribution in [0.15, 0.2) is 28.8 Å². The van der Waals surface area contributed by atoms with Gasteiger partial charge in [0.25, 0.3) is 17.5 Å². The molecule has 3 heterocycles. The molecule has 0 spiro atoms. The number of likely N-dealkylation sites (tertiary alicyclic amines) is 1. The van der Waals surface area contributed by atoms with E-state index in [9.17, 15) is 9.59 Å². The van der Waals surface area contributed by atoms with Crippen molar-refractivity contribution >= 4 is 40.2 Å². The van der Waals surface area contributed by atoms with E-state index < -0.39 is 0 Å². The predicted molar refractivity (Wildman–Crippen MR) is 122 cm³/mol. The molecular formula is C24H25ClN4O3. The Bertz CT molecular complexity index is 1210. The lowest BCUT2D eigenvalue weighted by atomic mass is 10.0. The fourth-order valence-electron chi connectivity index (χ4n) is 4.24. The van der Waals surface area contributed by atoms with Crippen molar-refractivity contribution in [3.63, 3.8) is 0 Å². The van der Waals surface area contributed by atoms with E-state index in [2.05, 4.69) is 15.5 Å². The summed E-state index contributed by atoms with van der Waals surface area (Å²) in [5.41, 5.74) is 3.23. The van der Waals surface area contributed by atoms with E-state index in [0.29, 0.717) is 57.6 Å². The molecule has 7 nitrogen and oxygen atoms in total. The Labute approximate surface area is 191 Å². The van der Waals surface area contributed by atoms with Gasteiger partial charge in [-0.15, -0.1) is 0 Å². The minimum Gasteiger partial charge on any atom is -0.339 e. The van der Waals surface area contributed by atoms with E-state index in [-0.39, 0.29) is 17.7 Å². The summed E-state index contributed by atoms with van der Waals surface area (Å²) >= 11 is 6.19. The molecule has 32 heavy (non-hydrogen) atoms. The van der Waals surface area contributed by atoms with Gasteiger partial charge in [0, 0.05) is 29.7 Å². The fourth-order valence-corrected chi connectivity index (χ4v) is 4.41. The van der Waals surface area contributed by atoms with Crippen LogP contribution in [-0.4, -0.2) is 39.9 Å². The van der Waals surface area contributed by atoms with Crippen molar-refractivity contribution in [2.45, 2.75) is 51.4 Å². The summed E-state index contributed by atoms with van der Waals surface area (Å²) in [4.78, 5) is 33.0. The number of fused-ring (bicyclic) bond motifs is 1. The normalized spacial score (nSPS) is 16.2.